The van der Waals surface area contributed by atoms with Crippen molar-refractivity contribution in [3.05, 3.63) is 57.5 Å². The molecule has 0 radical (unpaired) electrons. The van der Waals surface area contributed by atoms with Crippen LogP contribution in [-0.2, 0) is 0 Å². The van der Waals surface area contributed by atoms with Crippen molar-refractivity contribution in [1.29, 1.82) is 0 Å². The fourth-order valence-electron chi connectivity index (χ4n) is 2.08. The molecular formula is C16H16BrClFN3O. The van der Waals surface area contributed by atoms with Gasteiger partial charge in [-0.3, -0.25) is 4.79 Å². The standard InChI is InChI=1S/C16H16BrClFN3O/c1-22(14-6-3-2-5-13(14)19)8-4-7-20-16(23)12-9-11(17)10-21-15(12)18/h2-3,5-6,9-10H,4,7-8H2,1H3,(H,20,23). The first-order chi connectivity index (χ1) is 11.0. The molecule has 0 bridgehead atoms. The minimum absolute atomic E-state index is 0.161. The number of rotatable bonds is 6. The number of nitrogens with zero attached hydrogens (tertiary/aromatic N) is 2. The van der Waals surface area contributed by atoms with Gasteiger partial charge in [0.05, 0.1) is 11.3 Å². The van der Waals surface area contributed by atoms with Crippen LogP contribution < -0.4 is 10.2 Å². The van der Waals surface area contributed by atoms with Gasteiger partial charge in [0.25, 0.3) is 5.91 Å². The molecule has 2 rings (SSSR count). The first-order valence-electron chi connectivity index (χ1n) is 7.04. The topological polar surface area (TPSA) is 45.2 Å². The second kappa shape index (κ2) is 8.26. The molecule has 1 aromatic carbocycles. The Hall–Kier alpha value is -1.66. The minimum atomic E-state index is -0.280. The molecule has 0 saturated carbocycles. The largest absolute Gasteiger partial charge is 0.372 e. The predicted octanol–water partition coefficient (Wildman–Crippen LogP) is 3.89. The van der Waals surface area contributed by atoms with Crippen LogP contribution in [0.3, 0.4) is 0 Å². The SMILES string of the molecule is CN(CCCNC(=O)c1cc(Br)cnc1Cl)c1ccccc1F. The molecule has 1 amide bonds. The Bertz CT molecular complexity index is 699. The lowest BCUT2D eigenvalue weighted by Gasteiger charge is -2.19. The van der Waals surface area contributed by atoms with Crippen molar-refractivity contribution >= 4 is 39.1 Å². The third-order valence-corrected chi connectivity index (χ3v) is 4.00. The molecule has 1 aromatic heterocycles. The molecule has 1 N–H and O–H groups in total. The highest BCUT2D eigenvalue weighted by Gasteiger charge is 2.12. The van der Waals surface area contributed by atoms with E-state index in [1.54, 1.807) is 24.3 Å². The lowest BCUT2D eigenvalue weighted by atomic mass is 10.2. The van der Waals surface area contributed by atoms with E-state index in [0.29, 0.717) is 35.2 Å². The van der Waals surface area contributed by atoms with Crippen LogP contribution in [0, 0.1) is 5.82 Å². The number of halogens is 3. The maximum atomic E-state index is 13.6. The van der Waals surface area contributed by atoms with Crippen LogP contribution in [0.25, 0.3) is 0 Å². The second-order valence-corrected chi connectivity index (χ2v) is 6.25. The van der Waals surface area contributed by atoms with Gasteiger partial charge >= 0.3 is 0 Å². The van der Waals surface area contributed by atoms with Crippen molar-refractivity contribution in [2.24, 2.45) is 0 Å². The molecule has 122 valence electrons. The average Bonchev–Trinajstić information content (AvgIpc) is 2.53. The summed E-state index contributed by atoms with van der Waals surface area (Å²) in [6.45, 7) is 1.08. The quantitative estimate of drug-likeness (QED) is 0.591. The van der Waals surface area contributed by atoms with E-state index < -0.39 is 0 Å². The molecule has 0 spiro atoms. The van der Waals surface area contributed by atoms with Gasteiger partial charge in [-0.25, -0.2) is 9.37 Å². The molecular weight excluding hydrogens is 385 g/mol. The third-order valence-electron chi connectivity index (χ3n) is 3.27. The van der Waals surface area contributed by atoms with E-state index in [4.69, 9.17) is 11.6 Å². The van der Waals surface area contributed by atoms with E-state index in [-0.39, 0.29) is 16.9 Å². The minimum Gasteiger partial charge on any atom is -0.372 e. The zero-order valence-electron chi connectivity index (χ0n) is 12.5. The summed E-state index contributed by atoms with van der Waals surface area (Å²) in [6.07, 6.45) is 2.21. The highest BCUT2D eigenvalue weighted by Crippen LogP contribution is 2.18. The number of carbonyl (C=O) groups excluding carboxylic acids is 1. The fraction of sp³-hybridized carbons (Fsp3) is 0.250. The van der Waals surface area contributed by atoms with Gasteiger partial charge in [-0.2, -0.15) is 0 Å². The van der Waals surface area contributed by atoms with Crippen LogP contribution in [0.2, 0.25) is 5.15 Å². The smallest absolute Gasteiger partial charge is 0.254 e. The summed E-state index contributed by atoms with van der Waals surface area (Å²) in [5, 5.41) is 2.95. The van der Waals surface area contributed by atoms with Crippen molar-refractivity contribution in [3.63, 3.8) is 0 Å². The van der Waals surface area contributed by atoms with Crippen LogP contribution in [0.4, 0.5) is 10.1 Å². The third kappa shape index (κ3) is 4.91. The maximum Gasteiger partial charge on any atom is 0.254 e. The summed E-state index contributed by atoms with van der Waals surface area (Å²) in [7, 11) is 1.81. The van der Waals surface area contributed by atoms with Gasteiger partial charge in [0.1, 0.15) is 11.0 Å². The number of para-hydroxylation sites is 1. The molecule has 0 unspecified atom stereocenters. The number of pyridine rings is 1. The molecule has 23 heavy (non-hydrogen) atoms. The first kappa shape index (κ1) is 17.7. The van der Waals surface area contributed by atoms with Gasteiger partial charge in [0.2, 0.25) is 0 Å². The van der Waals surface area contributed by atoms with E-state index >= 15 is 0 Å². The second-order valence-electron chi connectivity index (χ2n) is 4.97. The first-order valence-corrected chi connectivity index (χ1v) is 8.21. The van der Waals surface area contributed by atoms with Crippen molar-refractivity contribution in [1.82, 2.24) is 10.3 Å². The van der Waals surface area contributed by atoms with Gasteiger partial charge in [0, 0.05) is 30.8 Å². The van der Waals surface area contributed by atoms with E-state index in [2.05, 4.69) is 26.2 Å². The van der Waals surface area contributed by atoms with Gasteiger partial charge in [0.15, 0.2) is 0 Å². The summed E-state index contributed by atoms with van der Waals surface area (Å²) in [5.74, 6) is -0.539. The van der Waals surface area contributed by atoms with E-state index in [9.17, 15) is 9.18 Å². The predicted molar refractivity (Wildman–Crippen MR) is 93.6 cm³/mol. The highest BCUT2D eigenvalue weighted by molar-refractivity contribution is 9.10. The van der Waals surface area contributed by atoms with Crippen LogP contribution in [-0.4, -0.2) is 31.0 Å². The maximum absolute atomic E-state index is 13.6. The monoisotopic (exact) mass is 399 g/mol. The number of hydrogen-bond acceptors (Lipinski definition) is 3. The van der Waals surface area contributed by atoms with Gasteiger partial charge in [-0.15, -0.1) is 0 Å². The molecule has 0 aliphatic carbocycles. The molecule has 0 aliphatic heterocycles. The lowest BCUT2D eigenvalue weighted by molar-refractivity contribution is 0.0953. The number of nitrogens with one attached hydrogen (secondary N) is 1. The normalized spacial score (nSPS) is 10.4. The van der Waals surface area contributed by atoms with E-state index in [1.807, 2.05) is 11.9 Å². The van der Waals surface area contributed by atoms with Gasteiger partial charge < -0.3 is 10.2 Å². The molecule has 7 heteroatoms. The Kier molecular flexibility index (Phi) is 6.36. The van der Waals surface area contributed by atoms with Crippen molar-refractivity contribution < 1.29 is 9.18 Å². The Balaban J connectivity index is 1.82. The zero-order chi connectivity index (χ0) is 16.8. The number of hydrogen-bond donors (Lipinski definition) is 1. The average molecular weight is 401 g/mol. The van der Waals surface area contributed by atoms with Crippen LogP contribution in [0.5, 0.6) is 0 Å². The summed E-state index contributed by atoms with van der Waals surface area (Å²) in [6, 6.07) is 8.22. The molecule has 1 heterocycles. The van der Waals surface area contributed by atoms with Gasteiger partial charge in [-0.1, -0.05) is 23.7 Å². The zero-order valence-corrected chi connectivity index (χ0v) is 14.9. The van der Waals surface area contributed by atoms with Crippen molar-refractivity contribution in [2.45, 2.75) is 6.42 Å². The van der Waals surface area contributed by atoms with Crippen molar-refractivity contribution in [2.75, 3.05) is 25.0 Å². The lowest BCUT2D eigenvalue weighted by Crippen LogP contribution is -2.28. The Morgan fingerprint density at radius 2 is 2.17 bits per heavy atom. The van der Waals surface area contributed by atoms with E-state index in [1.165, 1.54) is 12.3 Å². The Labute approximate surface area is 147 Å². The van der Waals surface area contributed by atoms with Crippen LogP contribution in [0.1, 0.15) is 16.8 Å². The summed E-state index contributed by atoms with van der Waals surface area (Å²) in [4.78, 5) is 17.8. The van der Waals surface area contributed by atoms with Crippen molar-refractivity contribution in [3.8, 4) is 0 Å². The van der Waals surface area contributed by atoms with Gasteiger partial charge in [-0.05, 0) is 40.5 Å². The molecule has 0 aliphatic rings. The van der Waals surface area contributed by atoms with Crippen LogP contribution in [0.15, 0.2) is 41.0 Å². The number of benzene rings is 1. The number of carbonyl (C=O) groups is 1. The molecule has 0 fully saturated rings. The Morgan fingerprint density at radius 1 is 1.43 bits per heavy atom. The molecule has 2 aromatic rings. The highest BCUT2D eigenvalue weighted by atomic mass is 79.9. The summed E-state index contributed by atoms with van der Waals surface area (Å²) >= 11 is 9.16. The fourth-order valence-corrected chi connectivity index (χ4v) is 2.60. The number of amides is 1. The number of anilines is 1. The molecule has 0 atom stereocenters. The van der Waals surface area contributed by atoms with Crippen LogP contribution >= 0.6 is 27.5 Å². The Morgan fingerprint density at radius 3 is 2.91 bits per heavy atom. The van der Waals surface area contributed by atoms with E-state index in [0.717, 1.165) is 0 Å². The molecule has 0 saturated heterocycles. The molecule has 4 nitrogen and oxygen atoms in total. The summed E-state index contributed by atoms with van der Waals surface area (Å²) in [5.41, 5.74) is 0.863. The number of aromatic nitrogens is 1. The summed E-state index contributed by atoms with van der Waals surface area (Å²) < 4.78 is 14.3.